The van der Waals surface area contributed by atoms with Crippen molar-refractivity contribution >= 4 is 79.8 Å². The minimum absolute atomic E-state index is 0.111. The summed E-state index contributed by atoms with van der Waals surface area (Å²) >= 11 is 3.28. The van der Waals surface area contributed by atoms with Crippen LogP contribution in [0.2, 0.25) is 0 Å². The predicted octanol–water partition coefficient (Wildman–Crippen LogP) is 15.7. The SMILES string of the molecule is N#CC(C#N)=Cc1ccc(-c2ccc(N(c3ccccc3)c3ccccc3)cc2)s1.O=C1C(=Cc2ccc(-c3ccc(N(c4ccccc4)c4ccccc4)s3)cc2)C(=O)c2ccccc21. The highest BCUT2D eigenvalue weighted by Gasteiger charge is 2.32. The van der Waals surface area contributed by atoms with Crippen molar-refractivity contribution in [3.8, 4) is 33.0 Å². The number of Topliss-reactive ketones (excluding diaryl/α,β-unsaturated/α-hetero) is 2. The molecule has 0 N–H and O–H groups in total. The number of allylic oxidation sites excluding steroid dienone is 2. The highest BCUT2D eigenvalue weighted by Crippen LogP contribution is 2.42. The average molecular weight is 887 g/mol. The second-order valence-electron chi connectivity index (χ2n) is 15.1. The van der Waals surface area contributed by atoms with E-state index < -0.39 is 0 Å². The van der Waals surface area contributed by atoms with Gasteiger partial charge in [0.2, 0.25) is 0 Å². The number of anilines is 6. The number of ketones is 2. The lowest BCUT2D eigenvalue weighted by Crippen LogP contribution is -2.09. The maximum Gasteiger partial charge on any atom is 0.197 e. The van der Waals surface area contributed by atoms with E-state index in [4.69, 9.17) is 10.5 Å². The molecule has 1 aliphatic carbocycles. The van der Waals surface area contributed by atoms with Crippen molar-refractivity contribution in [2.24, 2.45) is 0 Å². The van der Waals surface area contributed by atoms with Gasteiger partial charge < -0.3 is 9.80 Å². The molecule has 0 fully saturated rings. The average Bonchev–Trinajstić information content (AvgIpc) is 4.12. The van der Waals surface area contributed by atoms with Crippen LogP contribution in [0.25, 0.3) is 33.0 Å². The molecule has 2 heterocycles. The summed E-state index contributed by atoms with van der Waals surface area (Å²) in [4.78, 5) is 33.0. The van der Waals surface area contributed by atoms with Crippen LogP contribution in [0.3, 0.4) is 0 Å². The monoisotopic (exact) mass is 886 g/mol. The van der Waals surface area contributed by atoms with Crippen molar-refractivity contribution < 1.29 is 9.59 Å². The van der Waals surface area contributed by atoms with Gasteiger partial charge >= 0.3 is 0 Å². The summed E-state index contributed by atoms with van der Waals surface area (Å²) in [6.07, 6.45) is 3.32. The fourth-order valence-electron chi connectivity index (χ4n) is 7.67. The number of nitrogens with zero attached hydrogens (tertiary/aromatic N) is 4. The molecule has 0 atom stereocenters. The number of fused-ring (bicyclic) bond motifs is 1. The molecule has 0 amide bonds. The molecule has 0 radical (unpaired) electrons. The predicted molar refractivity (Wildman–Crippen MR) is 271 cm³/mol. The van der Waals surface area contributed by atoms with E-state index in [9.17, 15) is 9.59 Å². The van der Waals surface area contributed by atoms with Crippen LogP contribution >= 0.6 is 22.7 Å². The Labute approximate surface area is 391 Å². The summed E-state index contributed by atoms with van der Waals surface area (Å²) in [5, 5.41) is 19.0. The third-order valence-electron chi connectivity index (χ3n) is 10.8. The molecule has 7 aromatic carbocycles. The van der Waals surface area contributed by atoms with Crippen LogP contribution in [-0.2, 0) is 0 Å². The standard InChI is InChI=1S/C32H21NO2S.C26H17N3S/c34-31-26-13-7-8-14-27(26)32(35)28(31)21-22-15-17-23(18-16-22)29-19-20-30(36-29)33(24-9-3-1-4-10-24)25-11-5-2-6-12-25;27-18-20(19-28)17-25-15-16-26(30-25)21-11-13-24(14-12-21)29(22-7-3-1-4-8-22)23-9-5-2-6-10-23/h1-21H;1-17H. The Morgan fingerprint density at radius 3 is 1.32 bits per heavy atom. The number of nitriles is 2. The van der Waals surface area contributed by atoms with Gasteiger partial charge in [0.25, 0.3) is 0 Å². The van der Waals surface area contributed by atoms with Gasteiger partial charge in [-0.05, 0) is 114 Å². The van der Waals surface area contributed by atoms with E-state index in [2.05, 4.69) is 94.7 Å². The fourth-order valence-corrected chi connectivity index (χ4v) is 9.68. The zero-order valence-corrected chi connectivity index (χ0v) is 37.0. The number of carbonyl (C=O) groups excluding carboxylic acids is 2. The van der Waals surface area contributed by atoms with Gasteiger partial charge in [0.1, 0.15) is 22.7 Å². The quantitative estimate of drug-likeness (QED) is 0.0772. The van der Waals surface area contributed by atoms with Gasteiger partial charge in [-0.3, -0.25) is 9.59 Å². The topological polar surface area (TPSA) is 88.2 Å². The second-order valence-corrected chi connectivity index (χ2v) is 17.2. The van der Waals surface area contributed by atoms with Gasteiger partial charge in [0, 0.05) is 54.2 Å². The Hall–Kier alpha value is -8.66. The molecule has 0 saturated carbocycles. The molecule has 1 aliphatic rings. The van der Waals surface area contributed by atoms with E-state index in [0.717, 1.165) is 64.8 Å². The maximum atomic E-state index is 12.7. The van der Waals surface area contributed by atoms with Crippen LogP contribution in [0.15, 0.2) is 230 Å². The molecule has 9 aromatic rings. The number of rotatable bonds is 10. The van der Waals surface area contributed by atoms with Crippen LogP contribution in [0.4, 0.5) is 33.4 Å². The maximum absolute atomic E-state index is 12.7. The van der Waals surface area contributed by atoms with Crippen molar-refractivity contribution in [2.75, 3.05) is 9.80 Å². The Bertz CT molecular complexity index is 3160. The number of hydrogen-bond acceptors (Lipinski definition) is 8. The molecule has 66 heavy (non-hydrogen) atoms. The third-order valence-corrected chi connectivity index (χ3v) is 13.0. The first-order valence-electron chi connectivity index (χ1n) is 21.1. The molecule has 6 nitrogen and oxygen atoms in total. The van der Waals surface area contributed by atoms with Crippen molar-refractivity contribution in [1.82, 2.24) is 0 Å². The molecule has 0 saturated heterocycles. The smallest absolute Gasteiger partial charge is 0.197 e. The van der Waals surface area contributed by atoms with Gasteiger partial charge in [0.15, 0.2) is 11.6 Å². The Morgan fingerprint density at radius 2 is 0.833 bits per heavy atom. The van der Waals surface area contributed by atoms with Crippen LogP contribution in [0.5, 0.6) is 0 Å². The molecule has 0 spiro atoms. The van der Waals surface area contributed by atoms with E-state index in [1.165, 1.54) is 0 Å². The normalized spacial score (nSPS) is 11.3. The Balaban J connectivity index is 0.000000169. The van der Waals surface area contributed by atoms with Crippen molar-refractivity contribution in [2.45, 2.75) is 0 Å². The summed E-state index contributed by atoms with van der Waals surface area (Å²) in [6, 6.07) is 76.7. The van der Waals surface area contributed by atoms with E-state index in [0.29, 0.717) is 11.1 Å². The van der Waals surface area contributed by atoms with E-state index in [1.54, 1.807) is 59.1 Å². The number of benzene rings is 7. The molecule has 10 rings (SSSR count). The van der Waals surface area contributed by atoms with Crippen LogP contribution in [-0.4, -0.2) is 11.6 Å². The zero-order valence-electron chi connectivity index (χ0n) is 35.4. The zero-order chi connectivity index (χ0) is 45.2. The van der Waals surface area contributed by atoms with Crippen LogP contribution in [0, 0.1) is 22.7 Å². The lowest BCUT2D eigenvalue weighted by Gasteiger charge is -2.25. The Kier molecular flexibility index (Phi) is 12.8. The lowest BCUT2D eigenvalue weighted by molar-refractivity contribution is 0.0990. The Morgan fingerprint density at radius 1 is 0.424 bits per heavy atom. The third kappa shape index (κ3) is 9.33. The van der Waals surface area contributed by atoms with Gasteiger partial charge in [-0.2, -0.15) is 10.5 Å². The van der Waals surface area contributed by atoms with Crippen LogP contribution in [0.1, 0.15) is 31.2 Å². The van der Waals surface area contributed by atoms with E-state index in [-0.39, 0.29) is 22.7 Å². The fraction of sp³-hybridized carbons (Fsp3) is 0. The van der Waals surface area contributed by atoms with Gasteiger partial charge in [-0.1, -0.05) is 133 Å². The molecule has 0 bridgehead atoms. The molecular weight excluding hydrogens is 849 g/mol. The first-order chi connectivity index (χ1) is 32.5. The van der Waals surface area contributed by atoms with Crippen LogP contribution < -0.4 is 9.80 Å². The van der Waals surface area contributed by atoms with Gasteiger partial charge in [-0.15, -0.1) is 22.7 Å². The summed E-state index contributed by atoms with van der Waals surface area (Å²) < 4.78 is 0. The second kappa shape index (κ2) is 19.8. The molecule has 314 valence electrons. The first-order valence-corrected chi connectivity index (χ1v) is 22.7. The summed E-state index contributed by atoms with van der Waals surface area (Å²) in [6.45, 7) is 0. The van der Waals surface area contributed by atoms with Gasteiger partial charge in [0.05, 0.1) is 5.57 Å². The molecule has 8 heteroatoms. The molecular formula is C58H38N4O2S2. The van der Waals surface area contributed by atoms with Gasteiger partial charge in [-0.25, -0.2) is 0 Å². The van der Waals surface area contributed by atoms with Crippen molar-refractivity contribution in [3.63, 3.8) is 0 Å². The van der Waals surface area contributed by atoms with E-state index >= 15 is 0 Å². The highest BCUT2D eigenvalue weighted by molar-refractivity contribution is 7.19. The summed E-state index contributed by atoms with van der Waals surface area (Å²) in [5.41, 5.74) is 9.79. The number of thiophene rings is 2. The molecule has 0 aliphatic heterocycles. The highest BCUT2D eigenvalue weighted by atomic mass is 32.1. The number of carbonyl (C=O) groups is 2. The largest absolute Gasteiger partial charge is 0.311 e. The first kappa shape index (κ1) is 42.6. The number of hydrogen-bond donors (Lipinski definition) is 0. The molecule has 0 unspecified atom stereocenters. The van der Waals surface area contributed by atoms with Crippen molar-refractivity contribution in [3.05, 3.63) is 251 Å². The summed E-state index contributed by atoms with van der Waals surface area (Å²) in [5.74, 6) is -0.408. The minimum Gasteiger partial charge on any atom is -0.311 e. The number of para-hydroxylation sites is 4. The van der Waals surface area contributed by atoms with Crippen molar-refractivity contribution in [1.29, 1.82) is 10.5 Å². The van der Waals surface area contributed by atoms with E-state index in [1.807, 2.05) is 121 Å². The molecule has 2 aromatic heterocycles. The lowest BCUT2D eigenvalue weighted by atomic mass is 10.0. The summed E-state index contributed by atoms with van der Waals surface area (Å²) in [7, 11) is 0. The minimum atomic E-state index is -0.204.